The van der Waals surface area contributed by atoms with Gasteiger partial charge in [0.2, 0.25) is 0 Å². The Labute approximate surface area is 113 Å². The molecule has 1 heterocycles. The molecule has 0 saturated carbocycles. The number of fused-ring (bicyclic) bond motifs is 1. The van der Waals surface area contributed by atoms with Gasteiger partial charge in [0.05, 0.1) is 4.70 Å². The van der Waals surface area contributed by atoms with Gasteiger partial charge in [0.15, 0.2) is 5.58 Å². The predicted octanol–water partition coefficient (Wildman–Crippen LogP) is 3.02. The number of hydrogen-bond acceptors (Lipinski definition) is 5. The average Bonchev–Trinajstić information content (AvgIpc) is 2.77. The fourth-order valence-electron chi connectivity index (χ4n) is 1.77. The Morgan fingerprint density at radius 2 is 2.05 bits per heavy atom. The van der Waals surface area contributed by atoms with Gasteiger partial charge in [-0.25, -0.2) is 4.79 Å². The lowest BCUT2D eigenvalue weighted by atomic mass is 10.2. The van der Waals surface area contributed by atoms with Gasteiger partial charge < -0.3 is 14.9 Å². The van der Waals surface area contributed by atoms with Crippen LogP contribution in [0.2, 0.25) is 0 Å². The summed E-state index contributed by atoms with van der Waals surface area (Å²) in [5, 5.41) is 0. The Balaban J connectivity index is 1.82. The molecule has 0 aliphatic carbocycles. The molecule has 0 aliphatic heterocycles. The standard InChI is InChI=1S/C14H11NO3S/c15-11-4-2-1-3-9(11)8-17-10-5-6-13-12(7-10)18-14(16)19-13/h1-7H,8,15H2. The van der Waals surface area contributed by atoms with Crippen LogP contribution in [0.4, 0.5) is 5.69 Å². The smallest absolute Gasteiger partial charge is 0.396 e. The SMILES string of the molecule is Nc1ccccc1COc1ccc2sc(=O)oc2c1. The summed E-state index contributed by atoms with van der Waals surface area (Å²) < 4.78 is 11.5. The molecule has 1 aromatic heterocycles. The zero-order valence-electron chi connectivity index (χ0n) is 9.96. The van der Waals surface area contributed by atoms with Crippen molar-refractivity contribution in [3.8, 4) is 5.75 Å². The fourth-order valence-corrected chi connectivity index (χ4v) is 2.42. The lowest BCUT2D eigenvalue weighted by molar-refractivity contribution is 0.307. The maximum atomic E-state index is 11.1. The van der Waals surface area contributed by atoms with Crippen molar-refractivity contribution in [1.82, 2.24) is 0 Å². The Kier molecular flexibility index (Phi) is 2.97. The van der Waals surface area contributed by atoms with Crippen molar-refractivity contribution in [2.75, 3.05) is 5.73 Å². The molecule has 0 amide bonds. The van der Waals surface area contributed by atoms with Crippen LogP contribution in [0, 0.1) is 0 Å². The number of nitrogen functional groups attached to an aromatic ring is 1. The van der Waals surface area contributed by atoms with Crippen LogP contribution in [0.5, 0.6) is 5.75 Å². The molecule has 19 heavy (non-hydrogen) atoms. The lowest BCUT2D eigenvalue weighted by Crippen LogP contribution is -1.99. The lowest BCUT2D eigenvalue weighted by Gasteiger charge is -2.07. The van der Waals surface area contributed by atoms with E-state index in [1.165, 1.54) is 0 Å². The van der Waals surface area contributed by atoms with Crippen molar-refractivity contribution in [1.29, 1.82) is 0 Å². The molecule has 4 nitrogen and oxygen atoms in total. The van der Waals surface area contributed by atoms with E-state index in [1.807, 2.05) is 36.4 Å². The van der Waals surface area contributed by atoms with Crippen molar-refractivity contribution >= 4 is 27.3 Å². The summed E-state index contributed by atoms with van der Waals surface area (Å²) in [5.74, 6) is 0.650. The van der Waals surface area contributed by atoms with Crippen LogP contribution in [0.25, 0.3) is 10.3 Å². The van der Waals surface area contributed by atoms with Crippen LogP contribution in [0.15, 0.2) is 51.7 Å². The van der Waals surface area contributed by atoms with Crippen LogP contribution in [-0.4, -0.2) is 0 Å². The highest BCUT2D eigenvalue weighted by molar-refractivity contribution is 7.16. The molecular weight excluding hydrogens is 262 g/mol. The van der Waals surface area contributed by atoms with Crippen molar-refractivity contribution in [3.05, 3.63) is 57.8 Å². The third kappa shape index (κ3) is 2.46. The molecule has 0 aliphatic rings. The van der Waals surface area contributed by atoms with Gasteiger partial charge in [-0.3, -0.25) is 0 Å². The molecule has 5 heteroatoms. The monoisotopic (exact) mass is 273 g/mol. The minimum atomic E-state index is -0.306. The van der Waals surface area contributed by atoms with E-state index in [9.17, 15) is 4.79 Å². The second kappa shape index (κ2) is 4.78. The van der Waals surface area contributed by atoms with E-state index in [0.29, 0.717) is 23.6 Å². The zero-order chi connectivity index (χ0) is 13.2. The highest BCUT2D eigenvalue weighted by atomic mass is 32.1. The molecule has 3 aromatic rings. The summed E-state index contributed by atoms with van der Waals surface area (Å²) in [7, 11) is 0. The molecule has 0 unspecified atom stereocenters. The van der Waals surface area contributed by atoms with E-state index < -0.39 is 0 Å². The summed E-state index contributed by atoms with van der Waals surface area (Å²) in [6, 6.07) is 12.9. The van der Waals surface area contributed by atoms with Gasteiger partial charge in [0.25, 0.3) is 0 Å². The Bertz CT molecular complexity index is 775. The first-order valence-electron chi connectivity index (χ1n) is 5.72. The minimum Gasteiger partial charge on any atom is -0.489 e. The molecule has 0 spiro atoms. The van der Waals surface area contributed by atoms with E-state index in [1.54, 1.807) is 6.07 Å². The Morgan fingerprint density at radius 1 is 1.21 bits per heavy atom. The van der Waals surface area contributed by atoms with E-state index in [-0.39, 0.29) is 4.94 Å². The summed E-state index contributed by atoms with van der Waals surface area (Å²) in [6.07, 6.45) is 0. The number of rotatable bonds is 3. The third-order valence-electron chi connectivity index (χ3n) is 2.75. The van der Waals surface area contributed by atoms with E-state index in [4.69, 9.17) is 14.9 Å². The van der Waals surface area contributed by atoms with E-state index in [0.717, 1.165) is 21.6 Å². The molecule has 0 bridgehead atoms. The van der Waals surface area contributed by atoms with Crippen LogP contribution < -0.4 is 15.4 Å². The summed E-state index contributed by atoms with van der Waals surface area (Å²) in [5.41, 5.74) is 8.01. The first kappa shape index (κ1) is 11.8. The molecule has 96 valence electrons. The largest absolute Gasteiger partial charge is 0.489 e. The first-order chi connectivity index (χ1) is 9.22. The Hall–Kier alpha value is -2.27. The Morgan fingerprint density at radius 3 is 2.89 bits per heavy atom. The summed E-state index contributed by atoms with van der Waals surface area (Å²) in [4.78, 5) is 10.8. The van der Waals surface area contributed by atoms with Gasteiger partial charge >= 0.3 is 4.94 Å². The first-order valence-corrected chi connectivity index (χ1v) is 6.54. The maximum absolute atomic E-state index is 11.1. The van der Waals surface area contributed by atoms with Crippen LogP contribution in [0.3, 0.4) is 0 Å². The molecular formula is C14H11NO3S. The molecule has 0 radical (unpaired) electrons. The second-order valence-electron chi connectivity index (χ2n) is 4.05. The van der Waals surface area contributed by atoms with Gasteiger partial charge in [-0.1, -0.05) is 29.5 Å². The van der Waals surface area contributed by atoms with Gasteiger partial charge in [-0.05, 0) is 18.2 Å². The molecule has 0 atom stereocenters. The maximum Gasteiger partial charge on any atom is 0.396 e. The van der Waals surface area contributed by atoms with Gasteiger partial charge in [-0.2, -0.15) is 0 Å². The normalized spacial score (nSPS) is 10.7. The van der Waals surface area contributed by atoms with Crippen LogP contribution in [-0.2, 0) is 6.61 Å². The molecule has 0 saturated heterocycles. The van der Waals surface area contributed by atoms with Gasteiger partial charge in [0, 0.05) is 17.3 Å². The number of hydrogen-bond donors (Lipinski definition) is 1. The van der Waals surface area contributed by atoms with Gasteiger partial charge in [0.1, 0.15) is 12.4 Å². The second-order valence-corrected chi connectivity index (χ2v) is 5.03. The molecule has 3 rings (SSSR count). The summed E-state index contributed by atoms with van der Waals surface area (Å²) >= 11 is 1.08. The minimum absolute atomic E-state index is 0.306. The third-order valence-corrected chi connectivity index (χ3v) is 3.56. The van der Waals surface area contributed by atoms with Crippen LogP contribution >= 0.6 is 11.3 Å². The van der Waals surface area contributed by atoms with E-state index >= 15 is 0 Å². The van der Waals surface area contributed by atoms with Crippen molar-refractivity contribution in [2.45, 2.75) is 6.61 Å². The number of anilines is 1. The fraction of sp³-hybridized carbons (Fsp3) is 0.0714. The molecule has 2 N–H and O–H groups in total. The highest BCUT2D eigenvalue weighted by Crippen LogP contribution is 2.23. The number of benzene rings is 2. The van der Waals surface area contributed by atoms with Crippen LogP contribution in [0.1, 0.15) is 5.56 Å². The van der Waals surface area contributed by atoms with Gasteiger partial charge in [-0.15, -0.1) is 0 Å². The highest BCUT2D eigenvalue weighted by Gasteiger charge is 2.04. The van der Waals surface area contributed by atoms with Crippen molar-refractivity contribution in [2.24, 2.45) is 0 Å². The molecule has 2 aromatic carbocycles. The van der Waals surface area contributed by atoms with Crippen molar-refractivity contribution in [3.63, 3.8) is 0 Å². The number of nitrogens with two attached hydrogens (primary N) is 1. The number of para-hydroxylation sites is 1. The van der Waals surface area contributed by atoms with E-state index in [2.05, 4.69) is 0 Å². The predicted molar refractivity (Wildman–Crippen MR) is 75.5 cm³/mol. The quantitative estimate of drug-likeness (QED) is 0.745. The molecule has 0 fully saturated rings. The topological polar surface area (TPSA) is 65.5 Å². The summed E-state index contributed by atoms with van der Waals surface area (Å²) in [6.45, 7) is 0.381. The number of ether oxygens (including phenoxy) is 1. The van der Waals surface area contributed by atoms with Crippen molar-refractivity contribution < 1.29 is 9.15 Å². The average molecular weight is 273 g/mol. The zero-order valence-corrected chi connectivity index (χ0v) is 10.8.